The number of aromatic nitrogens is 1. The minimum atomic E-state index is -0.530. The molecule has 0 spiro atoms. The molecule has 1 aromatic heterocycles. The molecule has 1 amide bonds. The van der Waals surface area contributed by atoms with Crippen molar-refractivity contribution in [3.63, 3.8) is 0 Å². The van der Waals surface area contributed by atoms with Gasteiger partial charge in [-0.25, -0.2) is 0 Å². The van der Waals surface area contributed by atoms with Crippen LogP contribution < -0.4 is 29.4 Å². The Kier molecular flexibility index (Phi) is 19.1. The lowest BCUT2D eigenvalue weighted by Crippen LogP contribution is -2.36. The van der Waals surface area contributed by atoms with E-state index in [1.807, 2.05) is 119 Å². The molecule has 408 valence electrons. The summed E-state index contributed by atoms with van der Waals surface area (Å²) >= 11 is 3.55. The Morgan fingerprint density at radius 3 is 1.57 bits per heavy atom. The normalized spacial score (nSPS) is 17.9. The molecular formula is C63H74BrN3O10. The first kappa shape index (κ1) is 56.8. The summed E-state index contributed by atoms with van der Waals surface area (Å²) in [5.41, 5.74) is 15.0. The van der Waals surface area contributed by atoms with Gasteiger partial charge in [-0.15, -0.1) is 0 Å². The molecule has 77 heavy (non-hydrogen) atoms. The number of ether oxygens (including phenoxy) is 9. The van der Waals surface area contributed by atoms with Crippen LogP contribution in [0.15, 0.2) is 138 Å². The smallest absolute Gasteiger partial charge is 0.248 e. The first-order chi connectivity index (χ1) is 37.1. The second kappa shape index (κ2) is 25.8. The molecule has 0 bridgehead atoms. The third-order valence-corrected chi connectivity index (χ3v) is 15.2. The van der Waals surface area contributed by atoms with Gasteiger partial charge in [0.2, 0.25) is 5.91 Å². The highest BCUT2D eigenvalue weighted by molar-refractivity contribution is 9.10. The summed E-state index contributed by atoms with van der Waals surface area (Å²) in [6.45, 7) is 12.0. The summed E-state index contributed by atoms with van der Waals surface area (Å²) < 4.78 is 54.3. The summed E-state index contributed by atoms with van der Waals surface area (Å²) in [7, 11) is 8.52. The lowest BCUT2D eigenvalue weighted by atomic mass is 9.94. The van der Waals surface area contributed by atoms with E-state index in [1.54, 1.807) is 41.6 Å². The molecule has 2 atom stereocenters. The largest absolute Gasteiger partial charge is 0.496 e. The van der Waals surface area contributed by atoms with Crippen LogP contribution in [-0.4, -0.2) is 108 Å². The van der Waals surface area contributed by atoms with Gasteiger partial charge in [0.05, 0.1) is 61.0 Å². The zero-order chi connectivity index (χ0) is 54.7. The van der Waals surface area contributed by atoms with Gasteiger partial charge in [-0.3, -0.25) is 4.79 Å². The molecular weight excluding hydrogens is 1040 g/mol. The molecule has 3 aliphatic rings. The Bertz CT molecular complexity index is 3090. The fourth-order valence-electron chi connectivity index (χ4n) is 10.6. The number of hydrogen-bond donors (Lipinski definition) is 1. The average Bonchev–Trinajstić information content (AvgIpc) is 4.15. The summed E-state index contributed by atoms with van der Waals surface area (Å²) in [4.78, 5) is 14.2. The highest BCUT2D eigenvalue weighted by Gasteiger charge is 2.35. The van der Waals surface area contributed by atoms with Crippen LogP contribution in [0.4, 0.5) is 0 Å². The first-order valence-electron chi connectivity index (χ1n) is 26.3. The van der Waals surface area contributed by atoms with Gasteiger partial charge in [0.15, 0.2) is 11.6 Å². The highest BCUT2D eigenvalue weighted by Crippen LogP contribution is 2.40. The number of carbonyl (C=O) groups excluding carboxylic acids is 1. The number of likely N-dealkylation sites (tertiary alicyclic amines) is 1. The van der Waals surface area contributed by atoms with E-state index in [9.17, 15) is 4.79 Å². The van der Waals surface area contributed by atoms with Gasteiger partial charge < -0.3 is 57.8 Å². The molecule has 4 heterocycles. The lowest BCUT2D eigenvalue weighted by molar-refractivity contribution is -0.138. The molecule has 0 saturated carbocycles. The minimum absolute atomic E-state index is 0.00440. The zero-order valence-electron chi connectivity index (χ0n) is 45.9. The van der Waals surface area contributed by atoms with Gasteiger partial charge in [-0.1, -0.05) is 88.7 Å². The van der Waals surface area contributed by atoms with E-state index < -0.39 is 11.6 Å². The number of piperidine rings is 1. The van der Waals surface area contributed by atoms with Crippen LogP contribution in [0.1, 0.15) is 73.6 Å². The summed E-state index contributed by atoms with van der Waals surface area (Å²) in [5.74, 6) is 2.97. The monoisotopic (exact) mass is 1110 g/mol. The number of para-hydroxylation sites is 2. The number of benzene rings is 6. The third-order valence-electron chi connectivity index (χ3n) is 14.4. The van der Waals surface area contributed by atoms with Crippen molar-refractivity contribution in [2.75, 3.05) is 68.4 Å². The number of nitrogens with two attached hydrogens (primary N) is 1. The van der Waals surface area contributed by atoms with E-state index in [0.717, 1.165) is 129 Å². The number of hydrogen-bond acceptors (Lipinski definition) is 11. The molecule has 2 unspecified atom stereocenters. The standard InChI is InChI=1S/C30H33N3O3.C20H24O4.C13H17BrO3/c1-35-28-8-4-3-6-25(28)24-7-5-9-29(36-2)26(24)15-18-32-16-13-23(14-17-32)33-19-12-21-10-11-22(30(31)34)20-27(21)33;1-20(2)23-13-14(24-20)12-17-15(9-7-11-19(17)22-4)16-8-5-6-10-18(16)21-3;1-13(2)16-8-9(17-13)7-10-11(14)5-4-6-12(10)15-3/h3-12,19-20,23H,13-18H2,1-2H3,(H2,31,34);5-11,14H,12-13H2,1-4H3;4-6,9H,7-8H2,1-3H3. The van der Waals surface area contributed by atoms with Crippen molar-refractivity contribution in [2.24, 2.45) is 5.73 Å². The maximum atomic E-state index is 11.7. The van der Waals surface area contributed by atoms with E-state index in [1.165, 1.54) is 5.56 Å². The number of rotatable bonds is 16. The second-order valence-corrected chi connectivity index (χ2v) is 21.1. The fourth-order valence-corrected chi connectivity index (χ4v) is 11.2. The zero-order valence-corrected chi connectivity index (χ0v) is 47.5. The molecule has 3 saturated heterocycles. The maximum absolute atomic E-state index is 11.7. The van der Waals surface area contributed by atoms with Crippen LogP contribution in [0.2, 0.25) is 0 Å². The van der Waals surface area contributed by atoms with Gasteiger partial charge in [0, 0.05) is 88.1 Å². The Balaban J connectivity index is 0.000000165. The van der Waals surface area contributed by atoms with Crippen molar-refractivity contribution >= 4 is 32.7 Å². The second-order valence-electron chi connectivity index (χ2n) is 20.3. The molecule has 3 aliphatic heterocycles. The number of halogens is 1. The van der Waals surface area contributed by atoms with Crippen molar-refractivity contribution in [3.05, 3.63) is 160 Å². The van der Waals surface area contributed by atoms with Crippen LogP contribution in [0, 0.1) is 0 Å². The molecule has 0 radical (unpaired) electrons. The molecule has 6 aromatic carbocycles. The molecule has 0 aliphatic carbocycles. The predicted molar refractivity (Wildman–Crippen MR) is 307 cm³/mol. The SMILES string of the molecule is COc1cccc(Br)c1CC1COC(C)(C)O1.COc1ccccc1-c1cccc(OC)c1CC1COC(C)(C)O1.COc1ccccc1-c1cccc(OC)c1CCN1CCC(n2ccc3ccc(C(N)=O)cc32)CC1. The molecule has 2 N–H and O–H groups in total. The maximum Gasteiger partial charge on any atom is 0.248 e. The van der Waals surface area contributed by atoms with Crippen LogP contribution in [0.25, 0.3) is 33.2 Å². The van der Waals surface area contributed by atoms with Crippen LogP contribution >= 0.6 is 15.9 Å². The molecule has 7 aromatic rings. The van der Waals surface area contributed by atoms with Gasteiger partial charge >= 0.3 is 0 Å². The predicted octanol–water partition coefficient (Wildman–Crippen LogP) is 12.5. The minimum Gasteiger partial charge on any atom is -0.496 e. The Labute approximate surface area is 462 Å². The quantitative estimate of drug-likeness (QED) is 0.0991. The molecule has 14 heteroatoms. The number of amides is 1. The van der Waals surface area contributed by atoms with Gasteiger partial charge in [-0.2, -0.15) is 0 Å². The molecule has 10 rings (SSSR count). The Morgan fingerprint density at radius 1 is 0.584 bits per heavy atom. The van der Waals surface area contributed by atoms with Crippen LogP contribution in [0.3, 0.4) is 0 Å². The van der Waals surface area contributed by atoms with E-state index in [4.69, 9.17) is 48.4 Å². The summed E-state index contributed by atoms with van der Waals surface area (Å²) in [5, 5.41) is 1.14. The molecule has 13 nitrogen and oxygen atoms in total. The summed E-state index contributed by atoms with van der Waals surface area (Å²) in [6.07, 6.45) is 6.77. The van der Waals surface area contributed by atoms with Crippen molar-refractivity contribution in [3.8, 4) is 51.0 Å². The number of fused-ring (bicyclic) bond motifs is 1. The highest BCUT2D eigenvalue weighted by atomic mass is 79.9. The van der Waals surface area contributed by atoms with E-state index >= 15 is 0 Å². The van der Waals surface area contributed by atoms with Crippen LogP contribution in [-0.2, 0) is 38.2 Å². The summed E-state index contributed by atoms with van der Waals surface area (Å²) in [6, 6.07) is 42.6. The Hall–Kier alpha value is -6.39. The Morgan fingerprint density at radius 2 is 1.05 bits per heavy atom. The van der Waals surface area contributed by atoms with Crippen molar-refractivity contribution in [1.82, 2.24) is 9.47 Å². The lowest BCUT2D eigenvalue weighted by Gasteiger charge is -2.33. The van der Waals surface area contributed by atoms with E-state index in [2.05, 4.69) is 61.9 Å². The van der Waals surface area contributed by atoms with E-state index in [-0.39, 0.29) is 18.1 Å². The van der Waals surface area contributed by atoms with Crippen LogP contribution in [0.5, 0.6) is 28.7 Å². The number of nitrogens with zero attached hydrogens (tertiary/aromatic N) is 2. The van der Waals surface area contributed by atoms with Gasteiger partial charge in [0.1, 0.15) is 28.7 Å². The van der Waals surface area contributed by atoms with Crippen molar-refractivity contribution < 1.29 is 47.4 Å². The van der Waals surface area contributed by atoms with Gasteiger partial charge in [-0.05, 0) is 118 Å². The number of carbonyl (C=O) groups is 1. The fraction of sp³-hybridized carbons (Fsp3) is 0.381. The third kappa shape index (κ3) is 14.0. The number of methoxy groups -OCH3 is 5. The first-order valence-corrected chi connectivity index (χ1v) is 27.1. The molecule has 3 fully saturated rings. The van der Waals surface area contributed by atoms with E-state index in [0.29, 0.717) is 24.8 Å². The topological polar surface area (TPSA) is 134 Å². The van der Waals surface area contributed by atoms with Crippen molar-refractivity contribution in [1.29, 1.82) is 0 Å². The van der Waals surface area contributed by atoms with Crippen molar-refractivity contribution in [2.45, 2.75) is 89.6 Å². The van der Waals surface area contributed by atoms with Gasteiger partial charge in [0.25, 0.3) is 0 Å². The average molecular weight is 1110 g/mol. The number of primary amides is 1.